The van der Waals surface area contributed by atoms with Crippen molar-refractivity contribution in [3.63, 3.8) is 0 Å². The first kappa shape index (κ1) is 23.3. The Kier molecular flexibility index (Phi) is 6.63. The van der Waals surface area contributed by atoms with Crippen LogP contribution in [-0.4, -0.2) is 18.4 Å². The first-order valence-electron chi connectivity index (χ1n) is 13.5. The fraction of sp³-hybridized carbons (Fsp3) is 0.929. The SMILES string of the molecule is CCOC(=O)CC[C@@H](C)C1CCC2C3C(=O)[C@H](CC)C4CCCC[C@]4(C)C3CC[C@@]21C. The number of ether oxygens (including phenoxy) is 1. The highest BCUT2D eigenvalue weighted by Gasteiger charge is 2.64. The molecule has 4 rings (SSSR count). The summed E-state index contributed by atoms with van der Waals surface area (Å²) in [5, 5.41) is 0. The molecular weight excluding hydrogens is 384 g/mol. The van der Waals surface area contributed by atoms with Crippen molar-refractivity contribution in [2.45, 2.75) is 105 Å². The number of esters is 1. The summed E-state index contributed by atoms with van der Waals surface area (Å²) >= 11 is 0. The van der Waals surface area contributed by atoms with Gasteiger partial charge in [0.1, 0.15) is 5.78 Å². The van der Waals surface area contributed by atoms with Crippen molar-refractivity contribution in [2.24, 2.45) is 52.3 Å². The van der Waals surface area contributed by atoms with E-state index in [-0.39, 0.29) is 11.4 Å². The Morgan fingerprint density at radius 3 is 2.45 bits per heavy atom. The molecule has 3 nitrogen and oxygen atoms in total. The van der Waals surface area contributed by atoms with Gasteiger partial charge in [-0.2, -0.15) is 0 Å². The molecule has 4 aliphatic carbocycles. The van der Waals surface area contributed by atoms with Crippen LogP contribution >= 0.6 is 0 Å². The maximum absolute atomic E-state index is 14.0. The predicted octanol–water partition coefficient (Wildman–Crippen LogP) is 6.83. The van der Waals surface area contributed by atoms with Crippen molar-refractivity contribution in [3.8, 4) is 0 Å². The average molecular weight is 431 g/mol. The van der Waals surface area contributed by atoms with Gasteiger partial charge in [-0.15, -0.1) is 0 Å². The zero-order valence-electron chi connectivity index (χ0n) is 20.8. The van der Waals surface area contributed by atoms with E-state index in [0.29, 0.717) is 65.7 Å². The van der Waals surface area contributed by atoms with E-state index in [0.717, 1.165) is 12.8 Å². The van der Waals surface area contributed by atoms with Gasteiger partial charge in [-0.3, -0.25) is 9.59 Å². The summed E-state index contributed by atoms with van der Waals surface area (Å²) in [4.78, 5) is 25.9. The zero-order chi connectivity index (χ0) is 22.4. The quantitative estimate of drug-likeness (QED) is 0.434. The fourth-order valence-electron chi connectivity index (χ4n) is 9.47. The van der Waals surface area contributed by atoms with Crippen LogP contribution in [-0.2, 0) is 14.3 Å². The highest BCUT2D eigenvalue weighted by molar-refractivity contribution is 5.86. The molecule has 4 fully saturated rings. The summed E-state index contributed by atoms with van der Waals surface area (Å²) in [6.45, 7) is 12.0. The molecule has 176 valence electrons. The molecule has 0 saturated heterocycles. The summed E-state index contributed by atoms with van der Waals surface area (Å²) in [5.41, 5.74) is 0.646. The maximum Gasteiger partial charge on any atom is 0.305 e. The van der Waals surface area contributed by atoms with E-state index < -0.39 is 0 Å². The number of hydrogen-bond acceptors (Lipinski definition) is 3. The molecule has 9 atom stereocenters. The van der Waals surface area contributed by atoms with Crippen LogP contribution in [0.3, 0.4) is 0 Å². The summed E-state index contributed by atoms with van der Waals surface area (Å²) in [7, 11) is 0. The van der Waals surface area contributed by atoms with Gasteiger partial charge in [-0.05, 0) is 98.7 Å². The molecule has 0 aromatic carbocycles. The van der Waals surface area contributed by atoms with Crippen molar-refractivity contribution in [2.75, 3.05) is 6.61 Å². The second-order valence-electron chi connectivity index (χ2n) is 12.1. The van der Waals surface area contributed by atoms with Crippen LogP contribution in [0.1, 0.15) is 105 Å². The standard InChI is InChI=1S/C28H46O3/c1-6-19-21-10-8-9-16-27(21,4)23-15-17-28(5)20(12-13-22(28)25(23)26(19)30)18(3)11-14-24(29)31-7-2/h18-23,25H,6-17H2,1-5H3/t18-,19-,20?,21?,22?,23?,25?,27+,28-/m1/s1. The monoisotopic (exact) mass is 430 g/mol. The van der Waals surface area contributed by atoms with Crippen LogP contribution < -0.4 is 0 Å². The van der Waals surface area contributed by atoms with E-state index >= 15 is 0 Å². The fourth-order valence-corrected chi connectivity index (χ4v) is 9.47. The lowest BCUT2D eigenvalue weighted by Crippen LogP contribution is -2.59. The lowest BCUT2D eigenvalue weighted by atomic mass is 9.42. The van der Waals surface area contributed by atoms with Crippen LogP contribution in [0.25, 0.3) is 0 Å². The van der Waals surface area contributed by atoms with E-state index in [1.54, 1.807) is 0 Å². The number of hydrogen-bond donors (Lipinski definition) is 0. The summed E-state index contributed by atoms with van der Waals surface area (Å²) in [5.74, 6) is 4.15. The minimum absolute atomic E-state index is 0.0535. The molecule has 0 aromatic heterocycles. The molecule has 0 N–H and O–H groups in total. The molecular formula is C28H46O3. The molecule has 0 bridgehead atoms. The Labute approximate surface area is 190 Å². The lowest BCUT2D eigenvalue weighted by molar-refractivity contribution is -0.168. The highest BCUT2D eigenvalue weighted by Crippen LogP contribution is 2.68. The number of ketones is 1. The maximum atomic E-state index is 14.0. The van der Waals surface area contributed by atoms with Crippen molar-refractivity contribution in [1.29, 1.82) is 0 Å². The Morgan fingerprint density at radius 2 is 1.74 bits per heavy atom. The lowest BCUT2D eigenvalue weighted by Gasteiger charge is -2.62. The average Bonchev–Trinajstić information content (AvgIpc) is 3.10. The van der Waals surface area contributed by atoms with Gasteiger partial charge >= 0.3 is 5.97 Å². The van der Waals surface area contributed by atoms with E-state index in [1.807, 2.05) is 6.92 Å². The van der Waals surface area contributed by atoms with Crippen molar-refractivity contribution in [1.82, 2.24) is 0 Å². The molecule has 4 saturated carbocycles. The third kappa shape index (κ3) is 3.70. The van der Waals surface area contributed by atoms with Crippen LogP contribution in [0.4, 0.5) is 0 Å². The number of carbonyl (C=O) groups excluding carboxylic acids is 2. The summed E-state index contributed by atoms with van der Waals surface area (Å²) in [6, 6.07) is 0. The molecule has 0 amide bonds. The summed E-state index contributed by atoms with van der Waals surface area (Å²) < 4.78 is 5.17. The van der Waals surface area contributed by atoms with E-state index in [2.05, 4.69) is 27.7 Å². The second kappa shape index (κ2) is 8.82. The van der Waals surface area contributed by atoms with E-state index in [9.17, 15) is 9.59 Å². The number of rotatable bonds is 6. The molecule has 0 heterocycles. The van der Waals surface area contributed by atoms with Gasteiger partial charge in [0.15, 0.2) is 0 Å². The highest BCUT2D eigenvalue weighted by atomic mass is 16.5. The Balaban J connectivity index is 1.55. The van der Waals surface area contributed by atoms with Crippen molar-refractivity contribution in [3.05, 3.63) is 0 Å². The van der Waals surface area contributed by atoms with Crippen LogP contribution in [0.15, 0.2) is 0 Å². The van der Waals surface area contributed by atoms with Crippen LogP contribution in [0.5, 0.6) is 0 Å². The molecule has 4 aliphatic rings. The minimum Gasteiger partial charge on any atom is -0.466 e. The largest absolute Gasteiger partial charge is 0.466 e. The number of Topliss-reactive ketones (excluding diaryl/α,β-unsaturated/α-hetero) is 1. The van der Waals surface area contributed by atoms with Gasteiger partial charge in [-0.1, -0.05) is 40.5 Å². The first-order valence-corrected chi connectivity index (χ1v) is 13.5. The predicted molar refractivity (Wildman–Crippen MR) is 124 cm³/mol. The molecule has 3 heteroatoms. The number of carbonyl (C=O) groups is 2. The molecule has 31 heavy (non-hydrogen) atoms. The summed E-state index contributed by atoms with van der Waals surface area (Å²) in [6.07, 6.45) is 12.8. The van der Waals surface area contributed by atoms with Crippen LogP contribution in [0.2, 0.25) is 0 Å². The third-order valence-corrected chi connectivity index (χ3v) is 10.9. The molecule has 5 unspecified atom stereocenters. The van der Waals surface area contributed by atoms with Gasteiger partial charge < -0.3 is 4.74 Å². The Morgan fingerprint density at radius 1 is 1.00 bits per heavy atom. The second-order valence-corrected chi connectivity index (χ2v) is 12.1. The minimum atomic E-state index is -0.0535. The van der Waals surface area contributed by atoms with E-state index in [4.69, 9.17) is 4.74 Å². The normalized spacial score (nSPS) is 45.4. The Hall–Kier alpha value is -0.860. The third-order valence-electron chi connectivity index (χ3n) is 10.9. The first-order chi connectivity index (χ1) is 14.8. The van der Waals surface area contributed by atoms with Gasteiger partial charge in [0.25, 0.3) is 0 Å². The smallest absolute Gasteiger partial charge is 0.305 e. The van der Waals surface area contributed by atoms with Gasteiger partial charge in [-0.25, -0.2) is 0 Å². The van der Waals surface area contributed by atoms with Gasteiger partial charge in [0.2, 0.25) is 0 Å². The van der Waals surface area contributed by atoms with Crippen molar-refractivity contribution >= 4 is 11.8 Å². The Bertz CT molecular complexity index is 686. The molecule has 0 radical (unpaired) electrons. The van der Waals surface area contributed by atoms with Gasteiger partial charge in [0.05, 0.1) is 6.61 Å². The van der Waals surface area contributed by atoms with Gasteiger partial charge in [0, 0.05) is 18.3 Å². The van der Waals surface area contributed by atoms with E-state index in [1.165, 1.54) is 51.4 Å². The molecule has 0 spiro atoms. The molecule has 0 aliphatic heterocycles. The van der Waals surface area contributed by atoms with Crippen LogP contribution in [0, 0.1) is 52.3 Å². The van der Waals surface area contributed by atoms with Crippen molar-refractivity contribution < 1.29 is 14.3 Å². The number of fused-ring (bicyclic) bond motifs is 5. The zero-order valence-corrected chi connectivity index (χ0v) is 20.8. The topological polar surface area (TPSA) is 43.4 Å². The molecule has 0 aromatic rings.